The van der Waals surface area contributed by atoms with Crippen molar-refractivity contribution in [2.24, 2.45) is 11.1 Å². The maximum Gasteiger partial charge on any atom is 0.230 e. The smallest absolute Gasteiger partial charge is 0.230 e. The Morgan fingerprint density at radius 1 is 1.29 bits per heavy atom. The molecule has 1 saturated heterocycles. The Labute approximate surface area is 102 Å². The number of nitrogens with two attached hydrogens (primary N) is 1. The lowest BCUT2D eigenvalue weighted by Gasteiger charge is -2.41. The van der Waals surface area contributed by atoms with E-state index in [2.05, 4.69) is 0 Å². The molecule has 2 rings (SSSR count). The fourth-order valence-corrected chi connectivity index (χ4v) is 2.81. The molecule has 2 aliphatic rings. The minimum atomic E-state index is -0.291. The molecule has 2 fully saturated rings. The highest BCUT2D eigenvalue weighted by Gasteiger charge is 2.48. The summed E-state index contributed by atoms with van der Waals surface area (Å²) in [5.74, 6) is 0.188. The van der Waals surface area contributed by atoms with E-state index in [0.29, 0.717) is 19.6 Å². The van der Waals surface area contributed by atoms with Crippen LogP contribution in [-0.4, -0.2) is 56.9 Å². The molecule has 1 aliphatic carbocycles. The molecular formula is C12H22N2O3. The van der Waals surface area contributed by atoms with Gasteiger partial charge in [-0.2, -0.15) is 0 Å². The minimum absolute atomic E-state index is 0.0150. The van der Waals surface area contributed by atoms with Crippen LogP contribution >= 0.6 is 0 Å². The highest BCUT2D eigenvalue weighted by atomic mass is 16.5. The fourth-order valence-electron chi connectivity index (χ4n) is 2.81. The van der Waals surface area contributed by atoms with Gasteiger partial charge in [0.25, 0.3) is 0 Å². The second-order valence-electron chi connectivity index (χ2n) is 5.10. The first-order valence-corrected chi connectivity index (χ1v) is 6.22. The van der Waals surface area contributed by atoms with Crippen LogP contribution in [0.15, 0.2) is 0 Å². The molecule has 5 heteroatoms. The van der Waals surface area contributed by atoms with Crippen molar-refractivity contribution in [1.29, 1.82) is 0 Å². The molecular weight excluding hydrogens is 220 g/mol. The standard InChI is InChI=1S/C12H22N2O3/c1-16-9-6-14(7-10(9)17-2)11(15)12(8-13)4-3-5-12/h9-10H,3-8,13H2,1-2H3. The van der Waals surface area contributed by atoms with Crippen LogP contribution in [0, 0.1) is 5.41 Å². The first-order valence-electron chi connectivity index (χ1n) is 6.22. The highest BCUT2D eigenvalue weighted by molar-refractivity contribution is 5.84. The van der Waals surface area contributed by atoms with E-state index in [0.717, 1.165) is 19.3 Å². The van der Waals surface area contributed by atoms with E-state index in [-0.39, 0.29) is 23.5 Å². The summed E-state index contributed by atoms with van der Waals surface area (Å²) in [7, 11) is 3.32. The second-order valence-corrected chi connectivity index (χ2v) is 5.10. The largest absolute Gasteiger partial charge is 0.377 e. The Morgan fingerprint density at radius 3 is 2.12 bits per heavy atom. The van der Waals surface area contributed by atoms with Crippen LogP contribution < -0.4 is 5.73 Å². The van der Waals surface area contributed by atoms with Crippen LogP contribution in [0.1, 0.15) is 19.3 Å². The molecule has 0 aromatic rings. The van der Waals surface area contributed by atoms with Crippen LogP contribution in [0.5, 0.6) is 0 Å². The number of carbonyl (C=O) groups is 1. The Balaban J connectivity index is 2.02. The summed E-state index contributed by atoms with van der Waals surface area (Å²) in [6, 6.07) is 0. The van der Waals surface area contributed by atoms with Crippen LogP contribution in [0.2, 0.25) is 0 Å². The maximum absolute atomic E-state index is 12.4. The van der Waals surface area contributed by atoms with E-state index < -0.39 is 0 Å². The van der Waals surface area contributed by atoms with E-state index >= 15 is 0 Å². The lowest BCUT2D eigenvalue weighted by Crippen LogP contribution is -2.51. The molecule has 2 atom stereocenters. The Morgan fingerprint density at radius 2 is 1.82 bits per heavy atom. The molecule has 1 heterocycles. The van der Waals surface area contributed by atoms with Gasteiger partial charge >= 0.3 is 0 Å². The summed E-state index contributed by atoms with van der Waals surface area (Å²) in [6.07, 6.45) is 2.93. The second kappa shape index (κ2) is 4.92. The Bertz CT molecular complexity index is 274. The molecule has 1 aliphatic heterocycles. The van der Waals surface area contributed by atoms with Gasteiger partial charge in [0.15, 0.2) is 0 Å². The summed E-state index contributed by atoms with van der Waals surface area (Å²) in [5.41, 5.74) is 5.47. The predicted molar refractivity (Wildman–Crippen MR) is 63.5 cm³/mol. The molecule has 0 spiro atoms. The predicted octanol–water partition coefficient (Wildman–Crippen LogP) is -0.0124. The monoisotopic (exact) mass is 242 g/mol. The summed E-state index contributed by atoms with van der Waals surface area (Å²) < 4.78 is 10.7. The Kier molecular flexibility index (Phi) is 3.70. The van der Waals surface area contributed by atoms with E-state index in [4.69, 9.17) is 15.2 Å². The zero-order valence-electron chi connectivity index (χ0n) is 10.6. The average molecular weight is 242 g/mol. The van der Waals surface area contributed by atoms with Crippen LogP contribution in [0.4, 0.5) is 0 Å². The van der Waals surface area contributed by atoms with Crippen molar-refractivity contribution < 1.29 is 14.3 Å². The minimum Gasteiger partial charge on any atom is -0.377 e. The summed E-state index contributed by atoms with van der Waals surface area (Å²) >= 11 is 0. The number of amides is 1. The average Bonchev–Trinajstić information content (AvgIpc) is 2.71. The normalized spacial score (nSPS) is 31.4. The first-order chi connectivity index (χ1) is 8.16. The number of nitrogens with zero attached hydrogens (tertiary/aromatic N) is 1. The topological polar surface area (TPSA) is 64.8 Å². The quantitative estimate of drug-likeness (QED) is 0.753. The molecule has 2 N–H and O–H groups in total. The van der Waals surface area contributed by atoms with Crippen molar-refractivity contribution in [2.75, 3.05) is 33.9 Å². The van der Waals surface area contributed by atoms with Gasteiger partial charge in [-0.05, 0) is 12.8 Å². The molecule has 1 amide bonds. The molecule has 0 aromatic carbocycles. The molecule has 5 nitrogen and oxygen atoms in total. The SMILES string of the molecule is COC1CN(C(=O)C2(CN)CCC2)CC1OC. The third-order valence-corrected chi connectivity index (χ3v) is 4.26. The van der Waals surface area contributed by atoms with E-state index in [1.165, 1.54) is 0 Å². The van der Waals surface area contributed by atoms with Gasteiger partial charge in [-0.15, -0.1) is 0 Å². The van der Waals surface area contributed by atoms with Crippen LogP contribution in [-0.2, 0) is 14.3 Å². The van der Waals surface area contributed by atoms with Crippen molar-refractivity contribution in [1.82, 2.24) is 4.90 Å². The number of hydrogen-bond acceptors (Lipinski definition) is 4. The zero-order valence-corrected chi connectivity index (χ0v) is 10.6. The highest BCUT2D eigenvalue weighted by Crippen LogP contribution is 2.42. The molecule has 98 valence electrons. The number of carbonyl (C=O) groups excluding carboxylic acids is 1. The number of hydrogen-bond donors (Lipinski definition) is 1. The molecule has 0 aromatic heterocycles. The van der Waals surface area contributed by atoms with Gasteiger partial charge in [0, 0.05) is 33.9 Å². The summed E-state index contributed by atoms with van der Waals surface area (Å²) in [6.45, 7) is 1.70. The fraction of sp³-hybridized carbons (Fsp3) is 0.917. The van der Waals surface area contributed by atoms with E-state index in [1.807, 2.05) is 4.90 Å². The van der Waals surface area contributed by atoms with Crippen LogP contribution in [0.25, 0.3) is 0 Å². The van der Waals surface area contributed by atoms with Gasteiger partial charge in [0.2, 0.25) is 5.91 Å². The van der Waals surface area contributed by atoms with Gasteiger partial charge in [-0.1, -0.05) is 6.42 Å². The van der Waals surface area contributed by atoms with Crippen molar-refractivity contribution in [3.8, 4) is 0 Å². The van der Waals surface area contributed by atoms with Crippen molar-refractivity contribution >= 4 is 5.91 Å². The summed E-state index contributed by atoms with van der Waals surface area (Å²) in [4.78, 5) is 14.3. The molecule has 17 heavy (non-hydrogen) atoms. The lowest BCUT2D eigenvalue weighted by molar-refractivity contribution is -0.146. The number of rotatable bonds is 4. The number of methoxy groups -OCH3 is 2. The van der Waals surface area contributed by atoms with E-state index in [9.17, 15) is 4.79 Å². The third kappa shape index (κ3) is 2.07. The molecule has 2 unspecified atom stereocenters. The zero-order chi connectivity index (χ0) is 12.5. The maximum atomic E-state index is 12.4. The Hall–Kier alpha value is -0.650. The van der Waals surface area contributed by atoms with Gasteiger partial charge in [-0.3, -0.25) is 4.79 Å². The molecule has 0 bridgehead atoms. The summed E-state index contributed by atoms with van der Waals surface area (Å²) in [5, 5.41) is 0. The van der Waals surface area contributed by atoms with Gasteiger partial charge < -0.3 is 20.1 Å². The molecule has 0 radical (unpaired) electrons. The van der Waals surface area contributed by atoms with Crippen molar-refractivity contribution in [3.63, 3.8) is 0 Å². The first kappa shape index (κ1) is 12.8. The third-order valence-electron chi connectivity index (χ3n) is 4.26. The van der Waals surface area contributed by atoms with E-state index in [1.54, 1.807) is 14.2 Å². The molecule has 1 saturated carbocycles. The van der Waals surface area contributed by atoms with Gasteiger partial charge in [0.1, 0.15) is 12.2 Å². The van der Waals surface area contributed by atoms with Gasteiger partial charge in [0.05, 0.1) is 5.41 Å². The number of ether oxygens (including phenoxy) is 2. The van der Waals surface area contributed by atoms with Crippen molar-refractivity contribution in [2.45, 2.75) is 31.5 Å². The number of likely N-dealkylation sites (tertiary alicyclic amines) is 1. The van der Waals surface area contributed by atoms with Crippen molar-refractivity contribution in [3.05, 3.63) is 0 Å². The lowest BCUT2D eigenvalue weighted by atomic mass is 9.68. The van der Waals surface area contributed by atoms with Crippen LogP contribution in [0.3, 0.4) is 0 Å². The van der Waals surface area contributed by atoms with Gasteiger partial charge in [-0.25, -0.2) is 0 Å².